The smallest absolute Gasteiger partial charge is 0.0406 e. The van der Waals surface area contributed by atoms with Crippen LogP contribution in [0.3, 0.4) is 0 Å². The zero-order chi connectivity index (χ0) is 48.6. The molecule has 0 aromatic heterocycles. The predicted octanol–water partition coefficient (Wildman–Crippen LogP) is 20.6. The Kier molecular flexibility index (Phi) is 9.50. The van der Waals surface area contributed by atoms with Gasteiger partial charge in [-0.15, -0.1) is 0 Å². The van der Waals surface area contributed by atoms with Crippen LogP contribution >= 0.6 is 23.2 Å². The first kappa shape index (κ1) is 43.1. The molecule has 0 saturated carbocycles. The van der Waals surface area contributed by atoms with Crippen LogP contribution < -0.4 is 0 Å². The molecule has 0 saturated heterocycles. The minimum Gasteiger partial charge on any atom is -0.0843 e. The van der Waals surface area contributed by atoms with Gasteiger partial charge in [-0.3, -0.25) is 0 Å². The Hall–Kier alpha value is -7.74. The summed E-state index contributed by atoms with van der Waals surface area (Å²) in [5, 5.41) is 11.5. The Morgan fingerprint density at radius 2 is 0.444 bits per heavy atom. The second kappa shape index (κ2) is 15.9. The molecule has 0 spiro atoms. The van der Waals surface area contributed by atoms with E-state index >= 15 is 0 Å². The number of halogens is 2. The van der Waals surface area contributed by atoms with Gasteiger partial charge < -0.3 is 0 Å². The highest BCUT2D eigenvalue weighted by atomic mass is 35.5. The van der Waals surface area contributed by atoms with Gasteiger partial charge >= 0.3 is 0 Å². The Bertz CT molecular complexity index is 3870. The van der Waals surface area contributed by atoms with Crippen LogP contribution in [0.15, 0.2) is 218 Å². The van der Waals surface area contributed by atoms with E-state index in [1.807, 2.05) is 24.3 Å². The van der Waals surface area contributed by atoms with Crippen molar-refractivity contribution < 1.29 is 0 Å². The molecule has 0 fully saturated rings. The van der Waals surface area contributed by atoms with Crippen molar-refractivity contribution in [1.82, 2.24) is 0 Å². The minimum absolute atomic E-state index is 0.213. The normalized spacial score (nSPS) is 13.9. The number of fused-ring (bicyclic) bond motifs is 10. The first-order chi connectivity index (χ1) is 35.0. The van der Waals surface area contributed by atoms with Gasteiger partial charge in [-0.05, 0) is 192 Å². The van der Waals surface area contributed by atoms with E-state index in [9.17, 15) is 0 Å². The minimum atomic E-state index is -0.213. The first-order valence-corrected chi connectivity index (χ1v) is 25.8. The molecule has 0 aliphatic heterocycles. The van der Waals surface area contributed by atoms with Crippen LogP contribution in [0.25, 0.3) is 121 Å². The average Bonchev–Trinajstić information content (AvgIpc) is 3.77. The van der Waals surface area contributed by atoms with E-state index in [-0.39, 0.29) is 10.8 Å². The fourth-order valence-corrected chi connectivity index (χ4v) is 13.1. The van der Waals surface area contributed by atoms with Crippen molar-refractivity contribution in [2.24, 2.45) is 0 Å². The molecule has 12 aromatic rings. The Morgan fingerprint density at radius 3 is 0.708 bits per heavy atom. The van der Waals surface area contributed by atoms with E-state index in [4.69, 9.17) is 23.2 Å². The van der Waals surface area contributed by atoms with Crippen molar-refractivity contribution >= 4 is 66.3 Å². The Labute approximate surface area is 430 Å². The van der Waals surface area contributed by atoms with E-state index in [1.54, 1.807) is 0 Å². The van der Waals surface area contributed by atoms with E-state index in [0.29, 0.717) is 0 Å². The maximum atomic E-state index is 6.39. The summed E-state index contributed by atoms with van der Waals surface area (Å²) in [6.45, 7) is 9.62. The molecule has 0 heterocycles. The van der Waals surface area contributed by atoms with E-state index in [1.165, 1.54) is 143 Å². The monoisotopic (exact) mass is 958 g/mol. The van der Waals surface area contributed by atoms with Crippen molar-refractivity contribution in [3.05, 3.63) is 251 Å². The number of hydrogen-bond donors (Lipinski definition) is 0. The van der Waals surface area contributed by atoms with Crippen molar-refractivity contribution in [1.29, 1.82) is 0 Å². The maximum absolute atomic E-state index is 6.39. The van der Waals surface area contributed by atoms with Crippen LogP contribution in [0.4, 0.5) is 0 Å². The van der Waals surface area contributed by atoms with Crippen molar-refractivity contribution in [2.75, 3.05) is 0 Å². The third-order valence-corrected chi connectivity index (χ3v) is 16.9. The molecule has 2 heteroatoms. The number of hydrogen-bond acceptors (Lipinski definition) is 0. The van der Waals surface area contributed by atoms with Gasteiger partial charge in [-0.25, -0.2) is 0 Å². The van der Waals surface area contributed by atoms with Crippen LogP contribution in [0, 0.1) is 0 Å². The second-order valence-corrected chi connectivity index (χ2v) is 21.9. The summed E-state index contributed by atoms with van der Waals surface area (Å²) in [6, 6.07) is 80.9. The van der Waals surface area contributed by atoms with Crippen molar-refractivity contribution in [3.63, 3.8) is 0 Å². The van der Waals surface area contributed by atoms with Crippen LogP contribution in [0.1, 0.15) is 49.9 Å². The topological polar surface area (TPSA) is 0 Å². The molecule has 0 nitrogen and oxygen atoms in total. The second-order valence-electron chi connectivity index (χ2n) is 21.0. The van der Waals surface area contributed by atoms with Crippen molar-refractivity contribution in [2.45, 2.75) is 38.5 Å². The quantitative estimate of drug-likeness (QED) is 0.151. The highest BCUT2D eigenvalue weighted by molar-refractivity contribution is 6.31. The largest absolute Gasteiger partial charge is 0.0843 e. The lowest BCUT2D eigenvalue weighted by Gasteiger charge is -2.24. The summed E-state index contributed by atoms with van der Waals surface area (Å²) in [5.74, 6) is 0. The lowest BCUT2D eigenvalue weighted by Crippen LogP contribution is -2.15. The number of rotatable bonds is 5. The fourth-order valence-electron chi connectivity index (χ4n) is 12.9. The van der Waals surface area contributed by atoms with Gasteiger partial charge in [0.15, 0.2) is 0 Å². The molecule has 2 aliphatic carbocycles. The van der Waals surface area contributed by atoms with Crippen LogP contribution in [-0.4, -0.2) is 0 Å². The average molecular weight is 960 g/mol. The Balaban J connectivity index is 0.836. The summed E-state index contributed by atoms with van der Waals surface area (Å²) in [4.78, 5) is 0. The van der Waals surface area contributed by atoms with E-state index in [0.717, 1.165) is 10.0 Å². The van der Waals surface area contributed by atoms with Gasteiger partial charge in [-0.1, -0.05) is 221 Å². The fraction of sp³-hybridized carbons (Fsp3) is 0.0857. The zero-order valence-electron chi connectivity index (χ0n) is 40.5. The summed E-state index contributed by atoms with van der Waals surface area (Å²) in [6.07, 6.45) is 0. The molecule has 0 N–H and O–H groups in total. The van der Waals surface area contributed by atoms with E-state index < -0.39 is 0 Å². The van der Waals surface area contributed by atoms with Crippen LogP contribution in [0.2, 0.25) is 10.0 Å². The van der Waals surface area contributed by atoms with Gasteiger partial charge in [-0.2, -0.15) is 0 Å². The van der Waals surface area contributed by atoms with Gasteiger partial charge in [0.2, 0.25) is 0 Å². The molecule has 72 heavy (non-hydrogen) atoms. The highest BCUT2D eigenvalue weighted by Gasteiger charge is 2.38. The molecule has 0 amide bonds. The van der Waals surface area contributed by atoms with Gasteiger partial charge in [0, 0.05) is 20.9 Å². The molecule has 12 aromatic carbocycles. The van der Waals surface area contributed by atoms with Gasteiger partial charge in [0.25, 0.3) is 0 Å². The first-order valence-electron chi connectivity index (χ1n) is 25.0. The molecule has 0 radical (unpaired) electrons. The van der Waals surface area contributed by atoms with Gasteiger partial charge in [0.05, 0.1) is 0 Å². The predicted molar refractivity (Wildman–Crippen MR) is 309 cm³/mol. The Morgan fingerprint density at radius 1 is 0.236 bits per heavy atom. The number of benzene rings is 12. The lowest BCUT2D eigenvalue weighted by molar-refractivity contribution is 0.660. The molecule has 0 bridgehead atoms. The molecule has 14 rings (SSSR count). The SMILES string of the molecule is CC1(C)c2cc(-c3ccc4c(c3)C(C)(C)c3cc(-c5c6ccccc6c(-c6ccc(Cl)cc6)c6ccccc56)ccc3-4)ccc2-c2ccc(-c3c4ccccc4c(-c4ccc(Cl)cc4)c4ccccc34)cc21. The molecule has 0 atom stereocenters. The third-order valence-electron chi connectivity index (χ3n) is 16.4. The van der Waals surface area contributed by atoms with Crippen molar-refractivity contribution in [3.8, 4) is 77.9 Å². The lowest BCUT2D eigenvalue weighted by atomic mass is 9.79. The molecule has 0 unspecified atom stereocenters. The molecule has 342 valence electrons. The summed E-state index contributed by atoms with van der Waals surface area (Å²) in [5.41, 5.74) is 22.7. The molecular weight excluding hydrogens is 912 g/mol. The highest BCUT2D eigenvalue weighted by Crippen LogP contribution is 2.55. The standard InChI is InChI=1S/C70H48Cl2/c1-69(2)61-37-43(25-33-49(61)51-35-27-45(39-63(51)69)67-57-17-9-5-13-53(57)65(41-21-29-47(71)30-22-41)54-14-6-10-18-58(54)67)44-26-34-50-52-36-28-46(40-64(52)70(3,4)62(50)38-44)68-59-19-11-7-15-55(59)66(42-23-31-48(72)32-24-42)56-16-8-12-20-60(56)68/h5-40H,1-4H3. The van der Waals surface area contributed by atoms with Crippen LogP contribution in [-0.2, 0) is 10.8 Å². The maximum Gasteiger partial charge on any atom is 0.0406 e. The van der Waals surface area contributed by atoms with Crippen LogP contribution in [0.5, 0.6) is 0 Å². The van der Waals surface area contributed by atoms with Gasteiger partial charge in [0.1, 0.15) is 0 Å². The zero-order valence-corrected chi connectivity index (χ0v) is 42.1. The molecular formula is C70H48Cl2. The summed E-state index contributed by atoms with van der Waals surface area (Å²) < 4.78 is 0. The molecule has 2 aliphatic rings. The summed E-state index contributed by atoms with van der Waals surface area (Å²) >= 11 is 12.8. The summed E-state index contributed by atoms with van der Waals surface area (Å²) in [7, 11) is 0. The third kappa shape index (κ3) is 6.32. The van der Waals surface area contributed by atoms with E-state index in [2.05, 4.69) is 222 Å².